The number of rotatable bonds is 13. The van der Waals surface area contributed by atoms with Crippen LogP contribution >= 0.6 is 0 Å². The third kappa shape index (κ3) is 13.9. The standard InChI is InChI=1S/C15H34N2/c1-3-5-7-9-11-13-15-17(16)14-12-10-8-6-4-2/h3-16H2,1-2H3. The maximum atomic E-state index is 5.96. The molecule has 2 heteroatoms. The molecule has 0 fully saturated rings. The molecule has 0 saturated heterocycles. The monoisotopic (exact) mass is 242 g/mol. The van der Waals surface area contributed by atoms with Gasteiger partial charge in [-0.05, 0) is 12.8 Å². The van der Waals surface area contributed by atoms with E-state index in [0.29, 0.717) is 0 Å². The topological polar surface area (TPSA) is 29.3 Å². The predicted molar refractivity (Wildman–Crippen MR) is 77.9 cm³/mol. The molecule has 0 unspecified atom stereocenters. The van der Waals surface area contributed by atoms with Gasteiger partial charge in [0.25, 0.3) is 0 Å². The van der Waals surface area contributed by atoms with Crippen molar-refractivity contribution in [2.45, 2.75) is 84.5 Å². The zero-order valence-corrected chi connectivity index (χ0v) is 12.2. The van der Waals surface area contributed by atoms with E-state index in [1.54, 1.807) is 0 Å². The molecule has 2 N–H and O–H groups in total. The second-order valence-electron chi connectivity index (χ2n) is 5.22. The highest BCUT2D eigenvalue weighted by Crippen LogP contribution is 2.06. The summed E-state index contributed by atoms with van der Waals surface area (Å²) in [6, 6.07) is 0. The Balaban J connectivity index is 3.09. The molecule has 17 heavy (non-hydrogen) atoms. The molecular weight excluding hydrogens is 208 g/mol. The van der Waals surface area contributed by atoms with Crippen LogP contribution in [-0.2, 0) is 0 Å². The number of hydrogen-bond donors (Lipinski definition) is 1. The molecule has 104 valence electrons. The summed E-state index contributed by atoms with van der Waals surface area (Å²) >= 11 is 0. The molecule has 0 heterocycles. The second kappa shape index (κ2) is 14.0. The van der Waals surface area contributed by atoms with E-state index >= 15 is 0 Å². The Morgan fingerprint density at radius 3 is 1.35 bits per heavy atom. The van der Waals surface area contributed by atoms with E-state index in [9.17, 15) is 0 Å². The van der Waals surface area contributed by atoms with Crippen molar-refractivity contribution in [1.29, 1.82) is 0 Å². The van der Waals surface area contributed by atoms with Crippen LogP contribution in [0.4, 0.5) is 0 Å². The Morgan fingerprint density at radius 2 is 0.941 bits per heavy atom. The van der Waals surface area contributed by atoms with Gasteiger partial charge in [-0.2, -0.15) is 0 Å². The molecule has 0 aromatic carbocycles. The lowest BCUT2D eigenvalue weighted by molar-refractivity contribution is 0.268. The molecule has 0 amide bonds. The Morgan fingerprint density at radius 1 is 0.588 bits per heavy atom. The third-order valence-electron chi connectivity index (χ3n) is 3.35. The number of hydrazine groups is 1. The highest BCUT2D eigenvalue weighted by molar-refractivity contribution is 4.52. The van der Waals surface area contributed by atoms with Crippen molar-refractivity contribution < 1.29 is 0 Å². The van der Waals surface area contributed by atoms with Gasteiger partial charge in [0.2, 0.25) is 0 Å². The van der Waals surface area contributed by atoms with Crippen LogP contribution in [0.2, 0.25) is 0 Å². The molecule has 0 atom stereocenters. The van der Waals surface area contributed by atoms with Gasteiger partial charge in [0.05, 0.1) is 0 Å². The van der Waals surface area contributed by atoms with Crippen LogP contribution in [0.15, 0.2) is 0 Å². The van der Waals surface area contributed by atoms with Crippen molar-refractivity contribution in [2.24, 2.45) is 5.84 Å². The SMILES string of the molecule is CCCCCCCCN(N)CCCCCCC. The van der Waals surface area contributed by atoms with Crippen LogP contribution in [0.5, 0.6) is 0 Å². The predicted octanol–water partition coefficient (Wildman–Crippen LogP) is 4.49. The Labute approximate surface area is 109 Å². The fraction of sp³-hybridized carbons (Fsp3) is 1.00. The Bertz CT molecular complexity index is 137. The molecule has 0 radical (unpaired) electrons. The van der Waals surface area contributed by atoms with Crippen molar-refractivity contribution in [2.75, 3.05) is 13.1 Å². The van der Waals surface area contributed by atoms with Crippen LogP contribution in [0.3, 0.4) is 0 Å². The van der Waals surface area contributed by atoms with Gasteiger partial charge < -0.3 is 0 Å². The van der Waals surface area contributed by atoms with Crippen molar-refractivity contribution in [3.8, 4) is 0 Å². The first-order valence-corrected chi connectivity index (χ1v) is 7.80. The lowest BCUT2D eigenvalue weighted by Crippen LogP contribution is -2.32. The maximum Gasteiger partial charge on any atom is 0.0128 e. The number of nitrogens with zero attached hydrogens (tertiary/aromatic N) is 1. The number of nitrogens with two attached hydrogens (primary N) is 1. The molecular formula is C15H34N2. The highest BCUT2D eigenvalue weighted by atomic mass is 15.4. The first-order chi connectivity index (χ1) is 8.31. The van der Waals surface area contributed by atoms with E-state index in [4.69, 9.17) is 5.84 Å². The van der Waals surface area contributed by atoms with Gasteiger partial charge in [0, 0.05) is 13.1 Å². The average Bonchev–Trinajstić information content (AvgIpc) is 2.33. The van der Waals surface area contributed by atoms with Crippen molar-refractivity contribution in [1.82, 2.24) is 5.01 Å². The van der Waals surface area contributed by atoms with E-state index in [1.807, 2.05) is 5.01 Å². The quantitative estimate of drug-likeness (QED) is 0.293. The summed E-state index contributed by atoms with van der Waals surface area (Å²) in [6.45, 7) is 6.69. The minimum absolute atomic E-state index is 1.08. The molecule has 0 rings (SSSR count). The summed E-state index contributed by atoms with van der Waals surface area (Å²) in [5.41, 5.74) is 0. The van der Waals surface area contributed by atoms with Gasteiger partial charge >= 0.3 is 0 Å². The van der Waals surface area contributed by atoms with Crippen molar-refractivity contribution in [3.63, 3.8) is 0 Å². The highest BCUT2D eigenvalue weighted by Gasteiger charge is 1.98. The maximum absolute atomic E-state index is 5.96. The number of hydrogen-bond acceptors (Lipinski definition) is 2. The fourth-order valence-corrected chi connectivity index (χ4v) is 2.13. The van der Waals surface area contributed by atoms with Crippen LogP contribution in [-0.4, -0.2) is 18.1 Å². The summed E-state index contributed by atoms with van der Waals surface area (Å²) in [4.78, 5) is 0. The normalized spacial score (nSPS) is 11.3. The van der Waals surface area contributed by atoms with E-state index in [0.717, 1.165) is 13.1 Å². The minimum Gasteiger partial charge on any atom is -0.269 e. The van der Waals surface area contributed by atoms with Crippen LogP contribution < -0.4 is 5.84 Å². The van der Waals surface area contributed by atoms with Crippen LogP contribution in [0.1, 0.15) is 84.5 Å². The molecule has 0 aliphatic heterocycles. The summed E-state index contributed by atoms with van der Waals surface area (Å²) < 4.78 is 0. The molecule has 0 aromatic rings. The fourth-order valence-electron chi connectivity index (χ4n) is 2.13. The van der Waals surface area contributed by atoms with Gasteiger partial charge in [0.15, 0.2) is 0 Å². The molecule has 0 bridgehead atoms. The molecule has 0 spiro atoms. The summed E-state index contributed by atoms with van der Waals surface area (Å²) in [6.07, 6.45) is 14.8. The van der Waals surface area contributed by atoms with Gasteiger partial charge in [-0.3, -0.25) is 5.84 Å². The summed E-state index contributed by atoms with van der Waals surface area (Å²) in [7, 11) is 0. The zero-order valence-electron chi connectivity index (χ0n) is 12.2. The Kier molecular flexibility index (Phi) is 13.9. The minimum atomic E-state index is 1.08. The average molecular weight is 242 g/mol. The van der Waals surface area contributed by atoms with Crippen molar-refractivity contribution >= 4 is 0 Å². The zero-order chi connectivity index (χ0) is 12.8. The molecule has 0 aliphatic rings. The van der Waals surface area contributed by atoms with Crippen LogP contribution in [0, 0.1) is 0 Å². The Hall–Kier alpha value is -0.0800. The first kappa shape index (κ1) is 16.9. The molecule has 0 aliphatic carbocycles. The van der Waals surface area contributed by atoms with Gasteiger partial charge in [-0.15, -0.1) is 0 Å². The van der Waals surface area contributed by atoms with Gasteiger partial charge in [-0.25, -0.2) is 5.01 Å². The lowest BCUT2D eigenvalue weighted by Gasteiger charge is -2.15. The van der Waals surface area contributed by atoms with E-state index in [-0.39, 0.29) is 0 Å². The molecule has 0 saturated carbocycles. The van der Waals surface area contributed by atoms with Gasteiger partial charge in [-0.1, -0.05) is 71.6 Å². The number of unbranched alkanes of at least 4 members (excludes halogenated alkanes) is 9. The largest absolute Gasteiger partial charge is 0.269 e. The lowest BCUT2D eigenvalue weighted by atomic mass is 10.1. The van der Waals surface area contributed by atoms with E-state index in [1.165, 1.54) is 70.6 Å². The van der Waals surface area contributed by atoms with Crippen LogP contribution in [0.25, 0.3) is 0 Å². The van der Waals surface area contributed by atoms with Gasteiger partial charge in [0.1, 0.15) is 0 Å². The van der Waals surface area contributed by atoms with Crippen molar-refractivity contribution in [3.05, 3.63) is 0 Å². The second-order valence-corrected chi connectivity index (χ2v) is 5.22. The third-order valence-corrected chi connectivity index (χ3v) is 3.35. The summed E-state index contributed by atoms with van der Waals surface area (Å²) in [5.74, 6) is 5.96. The molecule has 0 aromatic heterocycles. The van der Waals surface area contributed by atoms with E-state index < -0.39 is 0 Å². The van der Waals surface area contributed by atoms with E-state index in [2.05, 4.69) is 13.8 Å². The first-order valence-electron chi connectivity index (χ1n) is 7.80. The summed E-state index contributed by atoms with van der Waals surface area (Å²) in [5, 5.41) is 2.02. The smallest absolute Gasteiger partial charge is 0.0128 e. The molecule has 2 nitrogen and oxygen atoms in total.